The molecule has 0 spiro atoms. The summed E-state index contributed by atoms with van der Waals surface area (Å²) in [5, 5.41) is 13.0. The number of amides is 1. The van der Waals surface area contributed by atoms with Gasteiger partial charge in [0, 0.05) is 11.9 Å². The number of nitrogens with one attached hydrogen (secondary N) is 1. The molecular weight excluding hydrogens is 294 g/mol. The topological polar surface area (TPSA) is 79.5 Å². The molecule has 1 atom stereocenters. The highest BCUT2D eigenvalue weighted by Gasteiger charge is 2.24. The number of aliphatic hydroxyl groups excluding tert-OH is 1. The average Bonchev–Trinajstić information content (AvgIpc) is 2.44. The maximum Gasteiger partial charge on any atom is 0.349 e. The summed E-state index contributed by atoms with van der Waals surface area (Å²) in [7, 11) is 0. The van der Waals surface area contributed by atoms with Gasteiger partial charge in [0.1, 0.15) is 11.1 Å². The molecule has 0 saturated heterocycles. The van der Waals surface area contributed by atoms with Gasteiger partial charge in [0.2, 0.25) is 0 Å². The van der Waals surface area contributed by atoms with Crippen molar-refractivity contribution in [3.05, 3.63) is 45.8 Å². The first-order chi connectivity index (χ1) is 10.7. The van der Waals surface area contributed by atoms with Gasteiger partial charge >= 0.3 is 5.63 Å². The van der Waals surface area contributed by atoms with Crippen molar-refractivity contribution >= 4 is 16.9 Å². The average molecular weight is 317 g/mol. The van der Waals surface area contributed by atoms with Gasteiger partial charge in [-0.3, -0.25) is 4.79 Å². The monoisotopic (exact) mass is 317 g/mol. The van der Waals surface area contributed by atoms with Crippen LogP contribution in [0.25, 0.3) is 11.0 Å². The van der Waals surface area contributed by atoms with E-state index in [2.05, 4.69) is 5.32 Å². The normalized spacial score (nSPS) is 13.1. The molecular formula is C18H23NO4. The third kappa shape index (κ3) is 3.99. The van der Waals surface area contributed by atoms with Gasteiger partial charge in [-0.2, -0.15) is 0 Å². The Morgan fingerprint density at radius 3 is 2.65 bits per heavy atom. The van der Waals surface area contributed by atoms with Crippen LogP contribution in [0, 0.1) is 12.3 Å². The van der Waals surface area contributed by atoms with Crippen molar-refractivity contribution in [1.82, 2.24) is 5.32 Å². The molecule has 0 aliphatic carbocycles. The van der Waals surface area contributed by atoms with Gasteiger partial charge in [0.15, 0.2) is 0 Å². The molecule has 5 heteroatoms. The summed E-state index contributed by atoms with van der Waals surface area (Å²) >= 11 is 0. The van der Waals surface area contributed by atoms with Crippen LogP contribution < -0.4 is 10.9 Å². The minimum atomic E-state index is -0.632. The van der Waals surface area contributed by atoms with E-state index in [0.29, 0.717) is 24.1 Å². The van der Waals surface area contributed by atoms with E-state index in [1.165, 1.54) is 0 Å². The quantitative estimate of drug-likeness (QED) is 0.831. The van der Waals surface area contributed by atoms with Crippen molar-refractivity contribution in [3.8, 4) is 0 Å². The molecule has 23 heavy (non-hydrogen) atoms. The van der Waals surface area contributed by atoms with Crippen LogP contribution in [0.15, 0.2) is 33.5 Å². The largest absolute Gasteiger partial charge is 0.422 e. The lowest BCUT2D eigenvalue weighted by molar-refractivity contribution is 0.0898. The number of aliphatic hydroxyl groups is 1. The first kappa shape index (κ1) is 17.2. The Labute approximate surface area is 135 Å². The lowest BCUT2D eigenvalue weighted by Crippen LogP contribution is -2.37. The van der Waals surface area contributed by atoms with E-state index in [0.717, 1.165) is 5.39 Å². The molecule has 5 nitrogen and oxygen atoms in total. The molecule has 0 fully saturated rings. The molecule has 2 N–H and O–H groups in total. The fraction of sp³-hybridized carbons (Fsp3) is 0.444. The number of carbonyl (C=O) groups excluding carboxylic acids is 1. The number of benzene rings is 1. The van der Waals surface area contributed by atoms with E-state index in [-0.39, 0.29) is 11.0 Å². The predicted octanol–water partition coefficient (Wildman–Crippen LogP) is 2.63. The summed E-state index contributed by atoms with van der Waals surface area (Å²) in [4.78, 5) is 24.6. The van der Waals surface area contributed by atoms with Crippen LogP contribution in [-0.2, 0) is 0 Å². The van der Waals surface area contributed by atoms with E-state index in [9.17, 15) is 14.7 Å². The standard InChI is InChI=1S/C18H23NO4/c1-11(20)9-18(3,4)10-19-16(21)15-12(2)13-7-5-6-8-14(13)23-17(15)22/h5-8,11,20H,9-10H2,1-4H3,(H,19,21). The third-order valence-electron chi connectivity index (χ3n) is 3.88. The second-order valence-corrected chi connectivity index (χ2v) is 6.79. The molecule has 1 amide bonds. The van der Waals surface area contributed by atoms with E-state index in [4.69, 9.17) is 4.42 Å². The summed E-state index contributed by atoms with van der Waals surface area (Å²) in [5.74, 6) is -0.444. The summed E-state index contributed by atoms with van der Waals surface area (Å²) in [6, 6.07) is 7.14. The molecule has 0 saturated carbocycles. The van der Waals surface area contributed by atoms with Crippen LogP contribution in [0.2, 0.25) is 0 Å². The molecule has 2 rings (SSSR count). The first-order valence-electron chi connectivity index (χ1n) is 7.70. The van der Waals surface area contributed by atoms with Crippen molar-refractivity contribution in [2.45, 2.75) is 40.2 Å². The molecule has 124 valence electrons. The Balaban J connectivity index is 2.27. The van der Waals surface area contributed by atoms with Gasteiger partial charge < -0.3 is 14.8 Å². The lowest BCUT2D eigenvalue weighted by atomic mass is 9.87. The van der Waals surface area contributed by atoms with E-state index >= 15 is 0 Å². The van der Waals surface area contributed by atoms with E-state index in [1.54, 1.807) is 26.0 Å². The number of carbonyl (C=O) groups is 1. The Bertz CT molecular complexity index is 774. The minimum absolute atomic E-state index is 0.0385. The summed E-state index contributed by atoms with van der Waals surface area (Å²) in [5.41, 5.74) is 0.224. The highest BCUT2D eigenvalue weighted by Crippen LogP contribution is 2.22. The summed E-state index contributed by atoms with van der Waals surface area (Å²) in [6.07, 6.45) is 0.105. The zero-order chi connectivity index (χ0) is 17.2. The summed E-state index contributed by atoms with van der Waals surface area (Å²) in [6.45, 7) is 7.73. The van der Waals surface area contributed by atoms with Crippen molar-refractivity contribution < 1.29 is 14.3 Å². The SMILES string of the molecule is Cc1c(C(=O)NCC(C)(C)CC(C)O)c(=O)oc2ccccc12. The maximum absolute atomic E-state index is 12.4. The third-order valence-corrected chi connectivity index (χ3v) is 3.88. The Morgan fingerprint density at radius 1 is 1.35 bits per heavy atom. The molecule has 2 aromatic rings. The van der Waals surface area contributed by atoms with Crippen LogP contribution in [0.4, 0.5) is 0 Å². The zero-order valence-corrected chi connectivity index (χ0v) is 14.0. The number of aryl methyl sites for hydroxylation is 1. The van der Waals surface area contributed by atoms with Crippen molar-refractivity contribution in [2.75, 3.05) is 6.54 Å². The van der Waals surface area contributed by atoms with Gasteiger partial charge in [0.05, 0.1) is 6.10 Å². The van der Waals surface area contributed by atoms with Crippen LogP contribution in [0.5, 0.6) is 0 Å². The van der Waals surface area contributed by atoms with E-state index in [1.807, 2.05) is 26.0 Å². The Hall–Kier alpha value is -2.14. The smallest absolute Gasteiger partial charge is 0.349 e. The first-order valence-corrected chi connectivity index (χ1v) is 7.70. The number of fused-ring (bicyclic) bond motifs is 1. The van der Waals surface area contributed by atoms with Gasteiger partial charge in [-0.15, -0.1) is 0 Å². The summed E-state index contributed by atoms with van der Waals surface area (Å²) < 4.78 is 5.23. The zero-order valence-electron chi connectivity index (χ0n) is 14.0. The Kier molecular flexibility index (Phi) is 4.90. The number of hydrogen-bond acceptors (Lipinski definition) is 4. The van der Waals surface area contributed by atoms with Crippen molar-refractivity contribution in [2.24, 2.45) is 5.41 Å². The number of para-hydroxylation sites is 1. The highest BCUT2D eigenvalue weighted by molar-refractivity contribution is 5.99. The Morgan fingerprint density at radius 2 is 2.00 bits per heavy atom. The second kappa shape index (κ2) is 6.54. The molecule has 1 unspecified atom stereocenters. The van der Waals surface area contributed by atoms with E-state index < -0.39 is 17.6 Å². The predicted molar refractivity (Wildman–Crippen MR) is 89.6 cm³/mol. The molecule has 1 heterocycles. The molecule has 0 bridgehead atoms. The molecule has 0 aliphatic heterocycles. The van der Waals surface area contributed by atoms with Gasteiger partial charge in [0.25, 0.3) is 5.91 Å². The number of hydrogen-bond donors (Lipinski definition) is 2. The molecule has 0 radical (unpaired) electrons. The van der Waals surface area contributed by atoms with Crippen LogP contribution in [-0.4, -0.2) is 23.7 Å². The lowest BCUT2D eigenvalue weighted by Gasteiger charge is -2.26. The van der Waals surface area contributed by atoms with Gasteiger partial charge in [-0.25, -0.2) is 4.79 Å². The van der Waals surface area contributed by atoms with Gasteiger partial charge in [-0.05, 0) is 37.3 Å². The molecule has 1 aromatic heterocycles. The maximum atomic E-state index is 12.4. The van der Waals surface area contributed by atoms with Crippen molar-refractivity contribution in [3.63, 3.8) is 0 Å². The fourth-order valence-corrected chi connectivity index (χ4v) is 2.85. The minimum Gasteiger partial charge on any atom is -0.422 e. The molecule has 1 aromatic carbocycles. The van der Waals surface area contributed by atoms with Gasteiger partial charge in [-0.1, -0.05) is 32.0 Å². The highest BCUT2D eigenvalue weighted by atomic mass is 16.4. The second-order valence-electron chi connectivity index (χ2n) is 6.79. The molecule has 0 aliphatic rings. The van der Waals surface area contributed by atoms with Crippen LogP contribution in [0.1, 0.15) is 43.1 Å². The van der Waals surface area contributed by atoms with Crippen LogP contribution >= 0.6 is 0 Å². The number of rotatable bonds is 5. The van der Waals surface area contributed by atoms with Crippen LogP contribution in [0.3, 0.4) is 0 Å². The van der Waals surface area contributed by atoms with Crippen molar-refractivity contribution in [1.29, 1.82) is 0 Å². The fourth-order valence-electron chi connectivity index (χ4n) is 2.85.